The summed E-state index contributed by atoms with van der Waals surface area (Å²) in [4.78, 5) is 7.80. The van der Waals surface area contributed by atoms with Gasteiger partial charge in [-0.05, 0) is 95.8 Å². The number of sulfonamides is 1. The number of hydrogen-bond donors (Lipinski definition) is 3. The third kappa shape index (κ3) is 4.82. The van der Waals surface area contributed by atoms with Crippen molar-refractivity contribution in [3.8, 4) is 33.6 Å². The second-order valence-electron chi connectivity index (χ2n) is 9.87. The standard InChI is InChI=1S/C30H26FN5O2S/c1-17-7-8-32-16-26(17)23-13-25-28(9-18(23)2)35-36-30(25)29-14-24-22(5-4-6-27(24)34-29)20-10-19(11-21(31)12-20)15-33-39(3,37)38/h4-14,16,33-34H,15H2,1-3H3,(H,35,36). The van der Waals surface area contributed by atoms with Gasteiger partial charge in [0.1, 0.15) is 11.5 Å². The average molecular weight is 540 g/mol. The monoisotopic (exact) mass is 539 g/mol. The van der Waals surface area contributed by atoms with Crippen molar-refractivity contribution in [3.63, 3.8) is 0 Å². The zero-order valence-corrected chi connectivity index (χ0v) is 22.4. The van der Waals surface area contributed by atoms with E-state index in [2.05, 4.69) is 50.9 Å². The summed E-state index contributed by atoms with van der Waals surface area (Å²) in [7, 11) is -3.40. The minimum Gasteiger partial charge on any atom is -0.353 e. The van der Waals surface area contributed by atoms with E-state index in [1.165, 1.54) is 12.1 Å². The maximum absolute atomic E-state index is 14.6. The van der Waals surface area contributed by atoms with Crippen LogP contribution < -0.4 is 4.72 Å². The first-order valence-corrected chi connectivity index (χ1v) is 14.3. The smallest absolute Gasteiger partial charge is 0.209 e. The van der Waals surface area contributed by atoms with E-state index in [1.807, 2.05) is 36.5 Å². The molecule has 0 spiro atoms. The fourth-order valence-electron chi connectivity index (χ4n) is 5.07. The summed E-state index contributed by atoms with van der Waals surface area (Å²) in [6.45, 7) is 4.16. The fourth-order valence-corrected chi connectivity index (χ4v) is 5.50. The van der Waals surface area contributed by atoms with Crippen LogP contribution in [-0.2, 0) is 16.6 Å². The minimum atomic E-state index is -3.40. The highest BCUT2D eigenvalue weighted by Crippen LogP contribution is 2.37. The van der Waals surface area contributed by atoms with E-state index in [-0.39, 0.29) is 6.54 Å². The number of aromatic nitrogens is 4. The highest BCUT2D eigenvalue weighted by atomic mass is 32.2. The third-order valence-corrected chi connectivity index (χ3v) is 7.63. The van der Waals surface area contributed by atoms with Crippen LogP contribution in [0.1, 0.15) is 16.7 Å². The lowest BCUT2D eigenvalue weighted by molar-refractivity contribution is 0.586. The van der Waals surface area contributed by atoms with Gasteiger partial charge in [0.25, 0.3) is 0 Å². The quantitative estimate of drug-likeness (QED) is 0.233. The summed E-state index contributed by atoms with van der Waals surface area (Å²) in [5, 5.41) is 9.69. The predicted molar refractivity (Wildman–Crippen MR) is 153 cm³/mol. The van der Waals surface area contributed by atoms with E-state index >= 15 is 0 Å². The number of benzene rings is 3. The molecule has 9 heteroatoms. The molecule has 7 nitrogen and oxygen atoms in total. The SMILES string of the molecule is Cc1ccncc1-c1cc2c(-c3cc4c(-c5cc(F)cc(CNS(C)(=O)=O)c5)cccc4[nH]3)n[nH]c2cc1C. The van der Waals surface area contributed by atoms with Gasteiger partial charge in [-0.3, -0.25) is 10.1 Å². The lowest BCUT2D eigenvalue weighted by Crippen LogP contribution is -2.21. The number of aromatic amines is 2. The van der Waals surface area contributed by atoms with Crippen LogP contribution in [0.15, 0.2) is 73.1 Å². The minimum absolute atomic E-state index is 0.00930. The van der Waals surface area contributed by atoms with Crippen LogP contribution in [0.2, 0.25) is 0 Å². The van der Waals surface area contributed by atoms with Crippen LogP contribution in [-0.4, -0.2) is 34.8 Å². The van der Waals surface area contributed by atoms with Crippen molar-refractivity contribution < 1.29 is 12.8 Å². The molecular formula is C30H26FN5O2S. The van der Waals surface area contributed by atoms with Crippen LogP contribution in [0.5, 0.6) is 0 Å². The van der Waals surface area contributed by atoms with Gasteiger partial charge >= 0.3 is 0 Å². The molecule has 39 heavy (non-hydrogen) atoms. The lowest BCUT2D eigenvalue weighted by Gasteiger charge is -2.09. The third-order valence-electron chi connectivity index (χ3n) is 6.96. The number of pyridine rings is 1. The van der Waals surface area contributed by atoms with E-state index in [9.17, 15) is 12.8 Å². The van der Waals surface area contributed by atoms with Gasteiger partial charge in [-0.1, -0.05) is 12.1 Å². The van der Waals surface area contributed by atoms with E-state index in [0.717, 1.165) is 67.3 Å². The first-order chi connectivity index (χ1) is 18.7. The maximum atomic E-state index is 14.6. The molecular weight excluding hydrogens is 513 g/mol. The zero-order valence-electron chi connectivity index (χ0n) is 21.6. The molecule has 3 N–H and O–H groups in total. The van der Waals surface area contributed by atoms with Gasteiger partial charge in [0.2, 0.25) is 10.0 Å². The first-order valence-electron chi connectivity index (χ1n) is 12.4. The summed E-state index contributed by atoms with van der Waals surface area (Å²) < 4.78 is 40.1. The van der Waals surface area contributed by atoms with Crippen LogP contribution in [0, 0.1) is 19.7 Å². The highest BCUT2D eigenvalue weighted by Gasteiger charge is 2.17. The largest absolute Gasteiger partial charge is 0.353 e. The second-order valence-corrected chi connectivity index (χ2v) is 11.7. The molecule has 0 saturated heterocycles. The molecule has 6 rings (SSSR count). The normalized spacial score (nSPS) is 12.0. The molecule has 3 heterocycles. The van der Waals surface area contributed by atoms with Gasteiger partial charge < -0.3 is 4.98 Å². The number of hydrogen-bond acceptors (Lipinski definition) is 4. The molecule has 3 aromatic heterocycles. The van der Waals surface area contributed by atoms with Crippen molar-refractivity contribution in [2.24, 2.45) is 0 Å². The molecule has 0 unspecified atom stereocenters. The molecule has 6 aromatic rings. The molecule has 0 aliphatic carbocycles. The number of nitrogens with one attached hydrogen (secondary N) is 3. The van der Waals surface area contributed by atoms with Gasteiger partial charge in [-0.2, -0.15) is 5.10 Å². The Labute approximate surface area is 225 Å². The first kappa shape index (κ1) is 25.0. The Bertz CT molecular complexity index is 1990. The second kappa shape index (κ2) is 9.44. The number of halogens is 1. The molecule has 0 saturated carbocycles. The molecule has 0 fully saturated rings. The Morgan fingerprint density at radius 1 is 0.897 bits per heavy atom. The van der Waals surface area contributed by atoms with Crippen molar-refractivity contribution in [2.75, 3.05) is 6.26 Å². The van der Waals surface area contributed by atoms with Crippen LogP contribution in [0.4, 0.5) is 4.39 Å². The number of fused-ring (bicyclic) bond motifs is 2. The van der Waals surface area contributed by atoms with Gasteiger partial charge in [-0.15, -0.1) is 0 Å². The van der Waals surface area contributed by atoms with Crippen LogP contribution in [0.3, 0.4) is 0 Å². The van der Waals surface area contributed by atoms with Gasteiger partial charge in [-0.25, -0.2) is 17.5 Å². The summed E-state index contributed by atoms with van der Waals surface area (Å²) in [6, 6.07) is 18.7. The van der Waals surface area contributed by atoms with Crippen molar-refractivity contribution in [2.45, 2.75) is 20.4 Å². The highest BCUT2D eigenvalue weighted by molar-refractivity contribution is 7.88. The van der Waals surface area contributed by atoms with E-state index in [4.69, 9.17) is 0 Å². The predicted octanol–water partition coefficient (Wildman–Crippen LogP) is 6.25. The summed E-state index contributed by atoms with van der Waals surface area (Å²) in [6.07, 6.45) is 4.76. The van der Waals surface area contributed by atoms with Crippen molar-refractivity contribution in [1.29, 1.82) is 0 Å². The number of rotatable bonds is 6. The summed E-state index contributed by atoms with van der Waals surface area (Å²) in [5.41, 5.74) is 9.91. The van der Waals surface area contributed by atoms with Crippen LogP contribution >= 0.6 is 0 Å². The average Bonchev–Trinajstić information content (AvgIpc) is 3.50. The summed E-state index contributed by atoms with van der Waals surface area (Å²) in [5.74, 6) is -0.433. The molecule has 0 amide bonds. The van der Waals surface area contributed by atoms with Crippen LogP contribution in [0.25, 0.3) is 55.4 Å². The van der Waals surface area contributed by atoms with Crippen molar-refractivity contribution in [1.82, 2.24) is 24.9 Å². The Kier molecular flexibility index (Phi) is 6.05. The van der Waals surface area contributed by atoms with E-state index < -0.39 is 15.8 Å². The van der Waals surface area contributed by atoms with Gasteiger partial charge in [0.15, 0.2) is 0 Å². The van der Waals surface area contributed by atoms with E-state index in [1.54, 1.807) is 12.3 Å². The Morgan fingerprint density at radius 3 is 2.54 bits per heavy atom. The number of aryl methyl sites for hydroxylation is 2. The Morgan fingerprint density at radius 2 is 1.74 bits per heavy atom. The lowest BCUT2D eigenvalue weighted by atomic mass is 9.96. The Hall–Kier alpha value is -4.34. The number of H-pyrrole nitrogens is 2. The molecule has 0 aliphatic rings. The summed E-state index contributed by atoms with van der Waals surface area (Å²) >= 11 is 0. The molecule has 0 bridgehead atoms. The topological polar surface area (TPSA) is 104 Å². The fraction of sp³-hybridized carbons (Fsp3) is 0.133. The maximum Gasteiger partial charge on any atom is 0.209 e. The van der Waals surface area contributed by atoms with Crippen molar-refractivity contribution in [3.05, 3.63) is 95.6 Å². The molecule has 0 atom stereocenters. The van der Waals surface area contributed by atoms with Gasteiger partial charge in [0, 0.05) is 40.8 Å². The van der Waals surface area contributed by atoms with Crippen molar-refractivity contribution >= 4 is 31.8 Å². The number of nitrogens with zero attached hydrogens (tertiary/aromatic N) is 2. The molecule has 0 radical (unpaired) electrons. The molecule has 196 valence electrons. The molecule has 3 aromatic carbocycles. The van der Waals surface area contributed by atoms with E-state index in [0.29, 0.717) is 11.1 Å². The zero-order chi connectivity index (χ0) is 27.3. The van der Waals surface area contributed by atoms with Gasteiger partial charge in [0.05, 0.1) is 17.5 Å². The Balaban J connectivity index is 1.46. The molecule has 0 aliphatic heterocycles.